The summed E-state index contributed by atoms with van der Waals surface area (Å²) in [6, 6.07) is 18.6. The molecule has 0 bridgehead atoms. The molecule has 0 spiro atoms. The van der Waals surface area contributed by atoms with Gasteiger partial charge in [0.15, 0.2) is 0 Å². The van der Waals surface area contributed by atoms with Crippen LogP contribution in [0.3, 0.4) is 0 Å². The summed E-state index contributed by atoms with van der Waals surface area (Å²) >= 11 is 0. The number of primary amides is 2. The molecule has 388 valence electrons. The summed E-state index contributed by atoms with van der Waals surface area (Å²) in [5, 5.41) is 5.11. The molecule has 1 heterocycles. The second-order valence-electron chi connectivity index (χ2n) is 15.5. The molecule has 18 nitrogen and oxygen atoms in total. The number of methoxy groups -OCH3 is 1. The molecular weight excluding hydrogens is 937 g/mol. The van der Waals surface area contributed by atoms with Crippen molar-refractivity contribution >= 4 is 61.8 Å². The molecule has 1 aliphatic rings. The van der Waals surface area contributed by atoms with Crippen LogP contribution in [0.4, 0.5) is 9.59 Å². The van der Waals surface area contributed by atoms with Gasteiger partial charge in [-0.2, -0.15) is 0 Å². The van der Waals surface area contributed by atoms with Crippen LogP contribution in [0.5, 0.6) is 0 Å². The predicted molar refractivity (Wildman–Crippen MR) is 273 cm³/mol. The van der Waals surface area contributed by atoms with Crippen molar-refractivity contribution in [3.05, 3.63) is 96.1 Å². The van der Waals surface area contributed by atoms with Crippen molar-refractivity contribution in [1.29, 1.82) is 0 Å². The number of allylic oxidation sites excluding steroid dienone is 4. The lowest BCUT2D eigenvalue weighted by Gasteiger charge is -2.16. The molecule has 2 aromatic rings. The molecule has 0 aliphatic carbocycles. The Hall–Kier alpha value is -4.80. The molecule has 0 radical (unpaired) electrons. The van der Waals surface area contributed by atoms with Crippen LogP contribution in [-0.4, -0.2) is 86.7 Å². The molecule has 3 unspecified atom stereocenters. The Morgan fingerprint density at radius 2 is 1.19 bits per heavy atom. The van der Waals surface area contributed by atoms with E-state index in [0.29, 0.717) is 29.9 Å². The van der Waals surface area contributed by atoms with Gasteiger partial charge in [0.25, 0.3) is 0 Å². The quantitative estimate of drug-likeness (QED) is 0.0912. The number of ether oxygens (including phenoxy) is 4. The summed E-state index contributed by atoms with van der Waals surface area (Å²) in [6.45, 7) is 19.5. The second-order valence-corrected chi connectivity index (χ2v) is 19.8. The summed E-state index contributed by atoms with van der Waals surface area (Å²) in [7, 11) is -4.10. The Labute approximate surface area is 411 Å². The minimum Gasteiger partial charge on any atom is -0.442 e. The van der Waals surface area contributed by atoms with Gasteiger partial charge < -0.3 is 30.4 Å². The minimum atomic E-state index is -3.27. The highest BCUT2D eigenvalue weighted by atomic mass is 32.2. The zero-order valence-corrected chi connectivity index (χ0v) is 44.3. The van der Waals surface area contributed by atoms with Crippen molar-refractivity contribution in [3.63, 3.8) is 0 Å². The SMILES string of the molecule is C/C=C\C[C@H](C)CS(=O)NC(C)=O.C/C=C\C[C@H](C)CS(N)=O.C1CCOC1.CC(N)=O.COC[C@H](C)CS(=O)(=NC(=O)O[C@@H](C)c1ccccc1)NC(C)=O.C[C@H](OC(N)=O)c1ccccc1. The average Bonchev–Trinajstić information content (AvgIpc) is 3.83. The molecule has 1 aliphatic heterocycles. The lowest BCUT2D eigenvalue weighted by Crippen LogP contribution is -2.34. The van der Waals surface area contributed by atoms with Gasteiger partial charge >= 0.3 is 12.2 Å². The molecule has 5 amide bonds. The fraction of sp³-hybridized carbons (Fsp3) is 0.553. The maximum absolute atomic E-state index is 12.8. The van der Waals surface area contributed by atoms with E-state index < -0.39 is 56.1 Å². The minimum absolute atomic E-state index is 0.00472. The van der Waals surface area contributed by atoms with Gasteiger partial charge in [0, 0.05) is 59.2 Å². The Morgan fingerprint density at radius 3 is 1.54 bits per heavy atom. The van der Waals surface area contributed by atoms with E-state index in [1.807, 2.05) is 107 Å². The summed E-state index contributed by atoms with van der Waals surface area (Å²) in [4.78, 5) is 53.4. The zero-order chi connectivity index (χ0) is 52.5. The van der Waals surface area contributed by atoms with Crippen molar-refractivity contribution < 1.29 is 55.5 Å². The molecule has 0 aromatic heterocycles. The van der Waals surface area contributed by atoms with E-state index >= 15 is 0 Å². The van der Waals surface area contributed by atoms with Crippen molar-refractivity contribution in [1.82, 2.24) is 9.44 Å². The molecule has 1 saturated heterocycles. The van der Waals surface area contributed by atoms with Gasteiger partial charge in [-0.15, -0.1) is 4.36 Å². The lowest BCUT2D eigenvalue weighted by atomic mass is 10.1. The third-order valence-corrected chi connectivity index (χ3v) is 12.5. The molecule has 21 heteroatoms. The summed E-state index contributed by atoms with van der Waals surface area (Å²) in [5.74, 6) is 0.626. The monoisotopic (exact) mass is 1020 g/mol. The van der Waals surface area contributed by atoms with E-state index in [2.05, 4.69) is 25.6 Å². The van der Waals surface area contributed by atoms with Gasteiger partial charge in [0.2, 0.25) is 17.7 Å². The first-order valence-electron chi connectivity index (χ1n) is 22.0. The molecule has 68 heavy (non-hydrogen) atoms. The van der Waals surface area contributed by atoms with Gasteiger partial charge in [0.1, 0.15) is 33.1 Å². The van der Waals surface area contributed by atoms with E-state index in [9.17, 15) is 36.6 Å². The van der Waals surface area contributed by atoms with Crippen molar-refractivity contribution in [2.45, 2.75) is 107 Å². The topological polar surface area (TPSA) is 288 Å². The van der Waals surface area contributed by atoms with Crippen LogP contribution < -0.4 is 26.1 Å². The second kappa shape index (κ2) is 42.3. The van der Waals surface area contributed by atoms with Crippen LogP contribution >= 0.6 is 0 Å². The first-order chi connectivity index (χ1) is 31.9. The number of hydrogen-bond acceptors (Lipinski definition) is 12. The largest absolute Gasteiger partial charge is 0.443 e. The van der Waals surface area contributed by atoms with Crippen LogP contribution in [0.25, 0.3) is 0 Å². The molecule has 8 N–H and O–H groups in total. The number of rotatable bonds is 18. The van der Waals surface area contributed by atoms with Crippen molar-refractivity contribution in [2.75, 3.05) is 44.2 Å². The van der Waals surface area contributed by atoms with Gasteiger partial charge in [-0.1, -0.05) is 106 Å². The van der Waals surface area contributed by atoms with E-state index in [-0.39, 0.29) is 29.6 Å². The first-order valence-corrected chi connectivity index (χ1v) is 26.4. The van der Waals surface area contributed by atoms with Crippen molar-refractivity contribution in [2.24, 2.45) is 38.7 Å². The fourth-order valence-corrected chi connectivity index (χ4v) is 8.78. The van der Waals surface area contributed by atoms with Crippen molar-refractivity contribution in [3.8, 4) is 0 Å². The van der Waals surface area contributed by atoms with E-state index in [0.717, 1.165) is 37.2 Å². The van der Waals surface area contributed by atoms with E-state index in [4.69, 9.17) is 29.8 Å². The van der Waals surface area contributed by atoms with Gasteiger partial charge in [0.05, 0.1) is 16.7 Å². The highest BCUT2D eigenvalue weighted by Gasteiger charge is 2.20. The number of benzene rings is 2. The fourth-order valence-electron chi connectivity index (χ4n) is 5.22. The number of nitrogens with two attached hydrogens (primary N) is 3. The molecule has 0 saturated carbocycles. The smallest absolute Gasteiger partial charge is 0.442 e. The predicted octanol–water partition coefficient (Wildman–Crippen LogP) is 7.42. The number of nitrogens with zero attached hydrogens (tertiary/aromatic N) is 1. The molecular formula is C47H80N6O12S3. The number of carbonyl (C=O) groups is 5. The third kappa shape index (κ3) is 45.0. The Bertz CT molecular complexity index is 1920. The van der Waals surface area contributed by atoms with Crippen LogP contribution in [-0.2, 0) is 65.2 Å². The maximum atomic E-state index is 12.8. The zero-order valence-electron chi connectivity index (χ0n) is 41.8. The molecule has 3 rings (SSSR count). The average molecular weight is 1020 g/mol. The number of carbonyl (C=O) groups excluding carboxylic acids is 5. The van der Waals surface area contributed by atoms with E-state index in [1.165, 1.54) is 40.7 Å². The highest BCUT2D eigenvalue weighted by Crippen LogP contribution is 2.18. The van der Waals surface area contributed by atoms with Gasteiger partial charge in [-0.3, -0.25) is 29.0 Å². The highest BCUT2D eigenvalue weighted by molar-refractivity contribution is 7.92. The van der Waals surface area contributed by atoms with Crippen LogP contribution in [0.15, 0.2) is 89.3 Å². The maximum Gasteiger partial charge on any atom is 0.443 e. The van der Waals surface area contributed by atoms with Gasteiger partial charge in [-0.25, -0.2) is 22.2 Å². The Balaban J connectivity index is -0.000000819. The summed E-state index contributed by atoms with van der Waals surface area (Å²) in [6.07, 6.45) is 9.96. The normalized spacial score (nSPS) is 15.4. The summed E-state index contributed by atoms with van der Waals surface area (Å²) in [5.41, 5.74) is 11.1. The summed E-state index contributed by atoms with van der Waals surface area (Å²) < 4.78 is 62.5. The Kier molecular flexibility index (Phi) is 42.0. The number of amides is 5. The van der Waals surface area contributed by atoms with Crippen LogP contribution in [0, 0.1) is 17.8 Å². The van der Waals surface area contributed by atoms with E-state index in [1.54, 1.807) is 20.8 Å². The van der Waals surface area contributed by atoms with Crippen LogP contribution in [0.1, 0.15) is 118 Å². The lowest BCUT2D eigenvalue weighted by molar-refractivity contribution is -0.118. The number of hydrogen-bond donors (Lipinski definition) is 5. The standard InChI is InChI=1S/C16H24N2O5S.C9H17NO2S.C9H11NO2.C7H15NOS.C4H8O.C2H5NO/c1-12(10-22-4)11-24(21,17-14(3)19)18-16(20)23-13(2)15-8-6-5-7-9-15;1-4-5-6-8(2)7-13(12)10-9(3)11;1-7(12-9(10)11)8-5-3-2-4-6-8;1-3-4-5-7(2)6-10(8)9;1-2-4-5-3-1;1-2(3)4/h5-9,12-13H,10-11H2,1-4H3,(H,17,18,19,20,21);4-5,8H,6-7H2,1-3H3,(H,10,11);2-7H,1H3,(H2,10,11);3-4,7H,5-6,8H2,1-2H3;1-4H2;1H3,(H2,3,4)/b;5-4-;;4-3-;;/t12-,13-,24?;8-,13?;7-;7-,10?;;/m0000../s1. The van der Waals surface area contributed by atoms with Crippen LogP contribution in [0.2, 0.25) is 0 Å². The first kappa shape index (κ1) is 67.5. The number of nitrogens with one attached hydrogen (secondary N) is 2. The third-order valence-electron chi connectivity index (χ3n) is 8.11. The molecule has 1 fully saturated rings. The molecule has 2 aromatic carbocycles. The molecule has 8 atom stereocenters. The van der Waals surface area contributed by atoms with Gasteiger partial charge in [-0.05, 0) is 82.3 Å². The Morgan fingerprint density at radius 1 is 0.750 bits per heavy atom.